The van der Waals surface area contributed by atoms with Gasteiger partial charge in [0.25, 0.3) is 5.91 Å². The van der Waals surface area contributed by atoms with E-state index in [9.17, 15) is 4.79 Å². The molecule has 1 N–H and O–H groups in total. The van der Waals surface area contributed by atoms with Gasteiger partial charge in [-0.05, 0) is 42.5 Å². The molecular formula is C23H16N2O4. The van der Waals surface area contributed by atoms with Gasteiger partial charge >= 0.3 is 0 Å². The fraction of sp³-hybridized carbons (Fsp3) is 0.0435. The molecule has 6 heteroatoms. The van der Waals surface area contributed by atoms with E-state index in [-0.39, 0.29) is 11.7 Å². The van der Waals surface area contributed by atoms with Gasteiger partial charge in [-0.3, -0.25) is 4.79 Å². The molecule has 0 aliphatic carbocycles. The number of para-hydroxylation sites is 3. The molecular weight excluding hydrogens is 368 g/mol. The van der Waals surface area contributed by atoms with Crippen LogP contribution in [0.25, 0.3) is 33.5 Å². The standard InChI is InChI=1S/C23H16N2O4/c1-27-19-11-5-6-14-13-20(28-21(14)19)22(26)24-16-8-4-7-15(12-16)23-25-17-9-2-3-10-18(17)29-23/h2-13H,1H3,(H,24,26). The van der Waals surface area contributed by atoms with Gasteiger partial charge in [-0.25, -0.2) is 4.98 Å². The van der Waals surface area contributed by atoms with Crippen molar-refractivity contribution in [3.63, 3.8) is 0 Å². The Hall–Kier alpha value is -4.06. The van der Waals surface area contributed by atoms with Crippen molar-refractivity contribution in [3.8, 4) is 17.2 Å². The van der Waals surface area contributed by atoms with E-state index in [1.807, 2.05) is 54.6 Å². The molecule has 6 nitrogen and oxygen atoms in total. The van der Waals surface area contributed by atoms with E-state index in [4.69, 9.17) is 13.6 Å². The van der Waals surface area contributed by atoms with Gasteiger partial charge in [0.15, 0.2) is 22.7 Å². The summed E-state index contributed by atoms with van der Waals surface area (Å²) >= 11 is 0. The number of methoxy groups -OCH3 is 1. The molecule has 0 saturated heterocycles. The number of nitrogens with one attached hydrogen (secondary N) is 1. The van der Waals surface area contributed by atoms with Crippen molar-refractivity contribution >= 4 is 33.7 Å². The number of carbonyl (C=O) groups excluding carboxylic acids is 1. The third-order valence-electron chi connectivity index (χ3n) is 4.61. The maximum absolute atomic E-state index is 12.7. The van der Waals surface area contributed by atoms with Crippen LogP contribution < -0.4 is 10.1 Å². The van der Waals surface area contributed by atoms with Crippen molar-refractivity contribution in [2.45, 2.75) is 0 Å². The molecule has 2 heterocycles. The topological polar surface area (TPSA) is 77.5 Å². The van der Waals surface area contributed by atoms with Gasteiger partial charge in [0.1, 0.15) is 5.52 Å². The fourth-order valence-corrected chi connectivity index (χ4v) is 3.23. The first-order valence-corrected chi connectivity index (χ1v) is 9.05. The molecule has 5 aromatic rings. The molecule has 1 amide bonds. The summed E-state index contributed by atoms with van der Waals surface area (Å²) in [6, 6.07) is 22.1. The summed E-state index contributed by atoms with van der Waals surface area (Å²) < 4.78 is 16.8. The summed E-state index contributed by atoms with van der Waals surface area (Å²) in [4.78, 5) is 17.2. The minimum absolute atomic E-state index is 0.205. The second kappa shape index (κ2) is 6.83. The second-order valence-electron chi connectivity index (χ2n) is 6.51. The number of nitrogens with zero attached hydrogens (tertiary/aromatic N) is 1. The quantitative estimate of drug-likeness (QED) is 0.443. The number of carbonyl (C=O) groups is 1. The van der Waals surface area contributed by atoms with E-state index >= 15 is 0 Å². The van der Waals surface area contributed by atoms with Crippen LogP contribution in [0.3, 0.4) is 0 Å². The number of amides is 1. The summed E-state index contributed by atoms with van der Waals surface area (Å²) in [7, 11) is 1.56. The molecule has 0 fully saturated rings. The minimum Gasteiger partial charge on any atom is -0.493 e. The van der Waals surface area contributed by atoms with Crippen LogP contribution in [-0.4, -0.2) is 18.0 Å². The first-order chi connectivity index (χ1) is 14.2. The van der Waals surface area contributed by atoms with Gasteiger partial charge in [0.05, 0.1) is 7.11 Å². The largest absolute Gasteiger partial charge is 0.493 e. The van der Waals surface area contributed by atoms with E-state index in [2.05, 4.69) is 10.3 Å². The summed E-state index contributed by atoms with van der Waals surface area (Å²) in [5.74, 6) is 0.935. The number of aromatic nitrogens is 1. The fourth-order valence-electron chi connectivity index (χ4n) is 3.23. The Morgan fingerprint density at radius 2 is 1.83 bits per heavy atom. The van der Waals surface area contributed by atoms with Crippen molar-refractivity contribution in [2.24, 2.45) is 0 Å². The maximum Gasteiger partial charge on any atom is 0.291 e. The Bertz CT molecular complexity index is 1320. The van der Waals surface area contributed by atoms with Gasteiger partial charge in [-0.1, -0.05) is 30.3 Å². The van der Waals surface area contributed by atoms with Crippen molar-refractivity contribution in [2.75, 3.05) is 12.4 Å². The Kier molecular flexibility index (Phi) is 4.02. The highest BCUT2D eigenvalue weighted by atomic mass is 16.5. The Labute approximate surface area is 165 Å². The molecule has 2 aromatic heterocycles. The number of oxazole rings is 1. The van der Waals surface area contributed by atoms with Crippen LogP contribution >= 0.6 is 0 Å². The monoisotopic (exact) mass is 384 g/mol. The highest BCUT2D eigenvalue weighted by Crippen LogP contribution is 2.29. The van der Waals surface area contributed by atoms with E-state index in [1.165, 1.54) is 0 Å². The molecule has 0 saturated carbocycles. The van der Waals surface area contributed by atoms with Gasteiger partial charge in [0.2, 0.25) is 5.89 Å². The molecule has 29 heavy (non-hydrogen) atoms. The molecule has 0 atom stereocenters. The smallest absolute Gasteiger partial charge is 0.291 e. The molecule has 5 rings (SSSR count). The van der Waals surface area contributed by atoms with Gasteiger partial charge in [-0.2, -0.15) is 0 Å². The number of ether oxygens (including phenoxy) is 1. The average molecular weight is 384 g/mol. The van der Waals surface area contributed by atoms with Crippen molar-refractivity contribution < 1.29 is 18.4 Å². The van der Waals surface area contributed by atoms with E-state index in [0.29, 0.717) is 28.5 Å². The zero-order valence-electron chi connectivity index (χ0n) is 15.5. The molecule has 0 aliphatic heterocycles. The number of hydrogen-bond acceptors (Lipinski definition) is 5. The number of furan rings is 1. The maximum atomic E-state index is 12.7. The lowest BCUT2D eigenvalue weighted by atomic mass is 10.2. The summed E-state index contributed by atoms with van der Waals surface area (Å²) in [6.45, 7) is 0. The molecule has 0 radical (unpaired) electrons. The van der Waals surface area contributed by atoms with E-state index in [0.717, 1.165) is 16.5 Å². The van der Waals surface area contributed by atoms with E-state index < -0.39 is 0 Å². The van der Waals surface area contributed by atoms with Crippen LogP contribution in [0.1, 0.15) is 10.6 Å². The summed E-state index contributed by atoms with van der Waals surface area (Å²) in [6.07, 6.45) is 0. The molecule has 0 aliphatic rings. The van der Waals surface area contributed by atoms with Gasteiger partial charge in [0, 0.05) is 16.6 Å². The predicted octanol–water partition coefficient (Wildman–Crippen LogP) is 5.50. The van der Waals surface area contributed by atoms with Crippen LogP contribution in [0.4, 0.5) is 5.69 Å². The first kappa shape index (κ1) is 17.1. The highest BCUT2D eigenvalue weighted by Gasteiger charge is 2.16. The molecule has 0 spiro atoms. The predicted molar refractivity (Wildman–Crippen MR) is 110 cm³/mol. The number of anilines is 1. The Balaban J connectivity index is 1.43. The SMILES string of the molecule is COc1cccc2cc(C(=O)Nc3cccc(-c4nc5ccccc5o4)c3)oc12. The molecule has 0 unspecified atom stereocenters. The minimum atomic E-state index is -0.349. The van der Waals surface area contributed by atoms with Crippen LogP contribution in [0, 0.1) is 0 Å². The van der Waals surface area contributed by atoms with Gasteiger partial charge < -0.3 is 18.9 Å². The van der Waals surface area contributed by atoms with Gasteiger partial charge in [-0.15, -0.1) is 0 Å². The summed E-state index contributed by atoms with van der Waals surface area (Å²) in [5, 5.41) is 3.66. The number of benzene rings is 3. The zero-order valence-corrected chi connectivity index (χ0v) is 15.5. The van der Waals surface area contributed by atoms with Crippen LogP contribution in [-0.2, 0) is 0 Å². The lowest BCUT2D eigenvalue weighted by Gasteiger charge is -2.04. The normalized spacial score (nSPS) is 11.1. The molecule has 3 aromatic carbocycles. The highest BCUT2D eigenvalue weighted by molar-refractivity contribution is 6.05. The van der Waals surface area contributed by atoms with Crippen molar-refractivity contribution in [3.05, 3.63) is 78.6 Å². The Morgan fingerprint density at radius 3 is 2.69 bits per heavy atom. The van der Waals surface area contributed by atoms with Crippen LogP contribution in [0.2, 0.25) is 0 Å². The molecule has 0 bridgehead atoms. The summed E-state index contributed by atoms with van der Waals surface area (Å²) in [5.41, 5.74) is 3.43. The second-order valence-corrected chi connectivity index (χ2v) is 6.51. The first-order valence-electron chi connectivity index (χ1n) is 9.05. The van der Waals surface area contributed by atoms with Crippen LogP contribution in [0.5, 0.6) is 5.75 Å². The third kappa shape index (κ3) is 3.10. The number of hydrogen-bond donors (Lipinski definition) is 1. The molecule has 142 valence electrons. The lowest BCUT2D eigenvalue weighted by Crippen LogP contribution is -2.10. The van der Waals surface area contributed by atoms with E-state index in [1.54, 1.807) is 25.3 Å². The average Bonchev–Trinajstić information content (AvgIpc) is 3.38. The number of fused-ring (bicyclic) bond motifs is 2. The van der Waals surface area contributed by atoms with Crippen LogP contribution in [0.15, 0.2) is 81.6 Å². The zero-order chi connectivity index (χ0) is 19.8. The number of rotatable bonds is 4. The van der Waals surface area contributed by atoms with Crippen molar-refractivity contribution in [1.82, 2.24) is 4.98 Å². The lowest BCUT2D eigenvalue weighted by molar-refractivity contribution is 0.0998. The van der Waals surface area contributed by atoms with Crippen molar-refractivity contribution in [1.29, 1.82) is 0 Å². The third-order valence-corrected chi connectivity index (χ3v) is 4.61. The Morgan fingerprint density at radius 1 is 0.966 bits per heavy atom.